The van der Waals surface area contributed by atoms with E-state index < -0.39 is 0 Å². The molecule has 10 heteroatoms. The summed E-state index contributed by atoms with van der Waals surface area (Å²) in [6.07, 6.45) is 4.80. The second-order valence-electron chi connectivity index (χ2n) is 11.3. The van der Waals surface area contributed by atoms with E-state index in [-0.39, 0.29) is 36.0 Å². The second kappa shape index (κ2) is 10.9. The maximum atomic E-state index is 12.7. The lowest BCUT2D eigenvalue weighted by atomic mass is 9.84. The van der Waals surface area contributed by atoms with Gasteiger partial charge < -0.3 is 24.1 Å². The van der Waals surface area contributed by atoms with Crippen molar-refractivity contribution in [2.24, 2.45) is 5.41 Å². The van der Waals surface area contributed by atoms with E-state index in [1.165, 1.54) is 7.11 Å². The van der Waals surface area contributed by atoms with Crippen molar-refractivity contribution < 1.29 is 23.8 Å². The quantitative estimate of drug-likeness (QED) is 0.314. The average Bonchev–Trinajstić information content (AvgIpc) is 3.56. The number of imidazole rings is 1. The number of nitrogens with zero attached hydrogens (tertiary/aromatic N) is 4. The van der Waals surface area contributed by atoms with E-state index in [0.29, 0.717) is 29.3 Å². The Morgan fingerprint density at radius 1 is 1.15 bits per heavy atom. The SMILES string of the molecule is CNC(=O)c1ccc2nc(-c3cc(OC)c4cnn(C5CCCCO5)c4c3)n([C@@H](CC(=O)OC)C(C)(C)C)c2c1. The predicted molar refractivity (Wildman–Crippen MR) is 152 cm³/mol. The molecule has 0 bridgehead atoms. The Labute approximate surface area is 233 Å². The fourth-order valence-corrected chi connectivity index (χ4v) is 5.48. The number of aromatic nitrogens is 4. The number of fused-ring (bicyclic) bond motifs is 2. The lowest BCUT2D eigenvalue weighted by Crippen LogP contribution is -2.28. The van der Waals surface area contributed by atoms with Crippen molar-refractivity contribution in [3.8, 4) is 17.1 Å². The van der Waals surface area contributed by atoms with E-state index in [4.69, 9.17) is 19.2 Å². The highest BCUT2D eigenvalue weighted by Gasteiger charge is 2.33. The summed E-state index contributed by atoms with van der Waals surface area (Å²) in [5, 5.41) is 8.25. The van der Waals surface area contributed by atoms with Crippen LogP contribution in [-0.4, -0.2) is 59.1 Å². The van der Waals surface area contributed by atoms with E-state index in [2.05, 4.69) is 41.8 Å². The van der Waals surface area contributed by atoms with Gasteiger partial charge in [-0.1, -0.05) is 20.8 Å². The molecule has 40 heavy (non-hydrogen) atoms. The van der Waals surface area contributed by atoms with Gasteiger partial charge in [0.15, 0.2) is 6.23 Å². The number of esters is 1. The highest BCUT2D eigenvalue weighted by Crippen LogP contribution is 2.42. The monoisotopic (exact) mass is 547 g/mol. The number of benzene rings is 2. The number of amides is 1. The maximum Gasteiger partial charge on any atom is 0.307 e. The highest BCUT2D eigenvalue weighted by molar-refractivity contribution is 5.98. The van der Waals surface area contributed by atoms with Gasteiger partial charge in [0.05, 0.1) is 54.8 Å². The van der Waals surface area contributed by atoms with E-state index in [1.54, 1.807) is 20.2 Å². The fourth-order valence-electron chi connectivity index (χ4n) is 5.48. The molecule has 0 radical (unpaired) electrons. The van der Waals surface area contributed by atoms with Crippen LogP contribution in [0.5, 0.6) is 5.75 Å². The van der Waals surface area contributed by atoms with Gasteiger partial charge in [0.25, 0.3) is 5.91 Å². The lowest BCUT2D eigenvalue weighted by molar-refractivity contribution is -0.142. The molecule has 5 rings (SSSR count). The van der Waals surface area contributed by atoms with Crippen molar-refractivity contribution in [3.05, 3.63) is 42.1 Å². The number of ether oxygens (including phenoxy) is 3. The zero-order chi connectivity index (χ0) is 28.6. The van der Waals surface area contributed by atoms with Crippen LogP contribution >= 0.6 is 0 Å². The second-order valence-corrected chi connectivity index (χ2v) is 11.3. The molecule has 1 aliphatic heterocycles. The summed E-state index contributed by atoms with van der Waals surface area (Å²) in [7, 11) is 4.64. The highest BCUT2D eigenvalue weighted by atomic mass is 16.5. The van der Waals surface area contributed by atoms with E-state index >= 15 is 0 Å². The van der Waals surface area contributed by atoms with Crippen molar-refractivity contribution in [1.82, 2.24) is 24.6 Å². The minimum Gasteiger partial charge on any atom is -0.496 e. The molecule has 0 aliphatic carbocycles. The molecule has 3 heterocycles. The molecule has 1 amide bonds. The van der Waals surface area contributed by atoms with Gasteiger partial charge in [-0.05, 0) is 55.0 Å². The summed E-state index contributed by atoms with van der Waals surface area (Å²) < 4.78 is 21.0. The molecule has 1 saturated heterocycles. The van der Waals surface area contributed by atoms with Gasteiger partial charge in [0.2, 0.25) is 0 Å². The number of hydrogen-bond acceptors (Lipinski definition) is 7. The Hall–Kier alpha value is -3.92. The van der Waals surface area contributed by atoms with Gasteiger partial charge in [-0.15, -0.1) is 0 Å². The van der Waals surface area contributed by atoms with Crippen molar-refractivity contribution >= 4 is 33.8 Å². The molecule has 212 valence electrons. The molecule has 1 unspecified atom stereocenters. The number of carbonyl (C=O) groups excluding carboxylic acids is 2. The Morgan fingerprint density at radius 3 is 2.60 bits per heavy atom. The van der Waals surface area contributed by atoms with Crippen LogP contribution in [0.1, 0.15) is 69.1 Å². The predicted octanol–water partition coefficient (Wildman–Crippen LogP) is 5.27. The number of carbonyl (C=O) groups is 2. The van der Waals surface area contributed by atoms with Gasteiger partial charge in [-0.25, -0.2) is 9.67 Å². The molecule has 0 saturated carbocycles. The molecule has 1 aliphatic rings. The first kappa shape index (κ1) is 27.6. The number of hydrogen-bond donors (Lipinski definition) is 1. The van der Waals surface area contributed by atoms with E-state index in [9.17, 15) is 9.59 Å². The van der Waals surface area contributed by atoms with Crippen LogP contribution in [0.3, 0.4) is 0 Å². The number of rotatable bonds is 7. The zero-order valence-electron chi connectivity index (χ0n) is 24.0. The van der Waals surface area contributed by atoms with E-state index in [0.717, 1.165) is 41.2 Å². The molecule has 2 aromatic carbocycles. The average molecular weight is 548 g/mol. The van der Waals surface area contributed by atoms with Gasteiger partial charge in [-0.2, -0.15) is 5.10 Å². The van der Waals surface area contributed by atoms with Crippen LogP contribution in [-0.2, 0) is 14.3 Å². The van der Waals surface area contributed by atoms with Crippen LogP contribution in [0.4, 0.5) is 0 Å². The molecular formula is C30H37N5O5. The zero-order valence-corrected chi connectivity index (χ0v) is 24.0. The molecule has 2 atom stereocenters. The first-order chi connectivity index (χ1) is 19.2. The van der Waals surface area contributed by atoms with Crippen LogP contribution < -0.4 is 10.1 Å². The molecule has 4 aromatic rings. The summed E-state index contributed by atoms with van der Waals surface area (Å²) in [5.41, 5.74) is 3.30. The maximum absolute atomic E-state index is 12.7. The Bertz CT molecular complexity index is 1560. The number of methoxy groups -OCH3 is 2. The third-order valence-electron chi connectivity index (χ3n) is 7.66. The van der Waals surface area contributed by atoms with Crippen LogP contribution in [0.15, 0.2) is 36.5 Å². The number of nitrogens with one attached hydrogen (secondary N) is 1. The third kappa shape index (κ3) is 5.03. The van der Waals surface area contributed by atoms with Gasteiger partial charge >= 0.3 is 5.97 Å². The van der Waals surface area contributed by atoms with Crippen molar-refractivity contribution in [3.63, 3.8) is 0 Å². The van der Waals surface area contributed by atoms with E-state index in [1.807, 2.05) is 29.1 Å². The Morgan fingerprint density at radius 2 is 1.95 bits per heavy atom. The van der Waals surface area contributed by atoms with Gasteiger partial charge in [0, 0.05) is 24.8 Å². The molecule has 2 aromatic heterocycles. The summed E-state index contributed by atoms with van der Waals surface area (Å²) in [5.74, 6) is 0.802. The molecule has 1 fully saturated rings. The summed E-state index contributed by atoms with van der Waals surface area (Å²) >= 11 is 0. The van der Waals surface area contributed by atoms with Crippen molar-refractivity contribution in [2.45, 2.75) is 58.7 Å². The van der Waals surface area contributed by atoms with Crippen molar-refractivity contribution in [2.75, 3.05) is 27.9 Å². The largest absolute Gasteiger partial charge is 0.496 e. The molecule has 10 nitrogen and oxygen atoms in total. The normalized spacial score (nSPS) is 16.7. The van der Waals surface area contributed by atoms with Gasteiger partial charge in [0.1, 0.15) is 11.6 Å². The summed E-state index contributed by atoms with van der Waals surface area (Å²) in [6, 6.07) is 9.11. The van der Waals surface area contributed by atoms with Gasteiger partial charge in [-0.3, -0.25) is 9.59 Å². The fraction of sp³-hybridized carbons (Fsp3) is 0.467. The standard InChI is InChI=1S/C30H37N5O5/c1-30(2,3)25(16-27(36)39-6)34-23-13-18(29(37)31-4)10-11-21(23)33-28(34)19-14-22-20(24(15-19)38-5)17-32-35(22)26-9-7-8-12-40-26/h10-11,13-15,17,25-26H,7-9,12,16H2,1-6H3,(H,31,37)/t25-,26?/m0/s1. The molecule has 1 N–H and O–H groups in total. The Kier molecular flexibility index (Phi) is 7.55. The van der Waals surface area contributed by atoms with Crippen molar-refractivity contribution in [1.29, 1.82) is 0 Å². The van der Waals surface area contributed by atoms with Crippen LogP contribution in [0, 0.1) is 5.41 Å². The summed E-state index contributed by atoms with van der Waals surface area (Å²) in [4.78, 5) is 30.3. The van der Waals surface area contributed by atoms with Crippen LogP contribution in [0.2, 0.25) is 0 Å². The smallest absolute Gasteiger partial charge is 0.307 e. The minimum absolute atomic E-state index is 0.135. The lowest BCUT2D eigenvalue weighted by Gasteiger charge is -2.33. The Balaban J connectivity index is 1.79. The topological polar surface area (TPSA) is 109 Å². The third-order valence-corrected chi connectivity index (χ3v) is 7.66. The first-order valence-corrected chi connectivity index (χ1v) is 13.6. The molecular weight excluding hydrogens is 510 g/mol. The van der Waals surface area contributed by atoms with Crippen LogP contribution in [0.25, 0.3) is 33.3 Å². The minimum atomic E-state index is -0.356. The molecule has 0 spiro atoms. The summed E-state index contributed by atoms with van der Waals surface area (Å²) in [6.45, 7) is 6.95. The first-order valence-electron chi connectivity index (χ1n) is 13.6.